The molecule has 0 aromatic carbocycles. The minimum atomic E-state index is -1.48. The van der Waals surface area contributed by atoms with E-state index in [0.29, 0.717) is 59.6 Å². The highest BCUT2D eigenvalue weighted by Gasteiger charge is 2.38. The van der Waals surface area contributed by atoms with Crippen molar-refractivity contribution < 1.29 is 131 Å². The third-order valence-corrected chi connectivity index (χ3v) is 27.0. The van der Waals surface area contributed by atoms with Crippen molar-refractivity contribution in [2.45, 2.75) is 260 Å². The molecule has 0 unspecified atom stereocenters. The Kier molecular flexibility index (Phi) is 96.0. The molecule has 8 N–H and O–H groups in total. The summed E-state index contributed by atoms with van der Waals surface area (Å²) in [5.74, 6) is -0.865. The van der Waals surface area contributed by atoms with Gasteiger partial charge in [-0.2, -0.15) is 35.3 Å². The molecular formula is C82H133ClFN9O22S12. The maximum Gasteiger partial charge on any atom is 0.560 e. The number of carbonyl (C=O) groups excluding carboxylic acids is 11. The normalized spacial score (nSPS) is 12.0. The Hall–Kier alpha value is -5.74. The first-order chi connectivity index (χ1) is 59.4. The number of carbonyl (C=O) groups is 13. The fourth-order valence-electron chi connectivity index (χ4n) is 6.99. The first-order valence-electron chi connectivity index (χ1n) is 39.5. The molecule has 3 fully saturated rings. The highest BCUT2D eigenvalue weighted by Crippen LogP contribution is 2.38. The molecule has 0 atom stereocenters. The van der Waals surface area contributed by atoms with E-state index in [1.54, 1.807) is 106 Å². The monoisotopic (exact) mass is 2030 g/mol. The Balaban J connectivity index is -0.000000215. The molecule has 0 saturated carbocycles. The number of nitriles is 1. The van der Waals surface area contributed by atoms with Crippen molar-refractivity contribution in [3.05, 3.63) is 97.6 Å². The minimum absolute atomic E-state index is 0. The zero-order valence-corrected chi connectivity index (χ0v) is 83.6. The van der Waals surface area contributed by atoms with Gasteiger partial charge in [0.1, 0.15) is 44.1 Å². The van der Waals surface area contributed by atoms with Crippen LogP contribution in [0.3, 0.4) is 0 Å². The van der Waals surface area contributed by atoms with Gasteiger partial charge in [0.05, 0.1) is 51.9 Å². The Morgan fingerprint density at radius 3 is 1.00 bits per heavy atom. The van der Waals surface area contributed by atoms with Crippen molar-refractivity contribution >= 4 is 210 Å². The molecule has 6 amide bonds. The molecule has 7 rings (SSSR count). The summed E-state index contributed by atoms with van der Waals surface area (Å²) in [5.41, 5.74) is 3.60. The van der Waals surface area contributed by atoms with E-state index in [9.17, 15) is 66.7 Å². The second-order valence-electron chi connectivity index (χ2n) is 26.2. The molecule has 724 valence electrons. The zero-order chi connectivity index (χ0) is 95.7. The number of hydroxylamine groups is 6. The van der Waals surface area contributed by atoms with E-state index in [0.717, 1.165) is 96.6 Å². The first kappa shape index (κ1) is 134. The molecule has 31 nitrogen and oxygen atoms in total. The van der Waals surface area contributed by atoms with Gasteiger partial charge in [-0.25, -0.2) is 24.7 Å². The van der Waals surface area contributed by atoms with Crippen molar-refractivity contribution in [1.82, 2.24) is 35.1 Å². The molecule has 0 bridgehead atoms. The summed E-state index contributed by atoms with van der Waals surface area (Å²) in [7, 11) is 16.0. The van der Waals surface area contributed by atoms with Gasteiger partial charge in [-0.15, -0.1) is 0 Å². The van der Waals surface area contributed by atoms with Crippen molar-refractivity contribution in [1.29, 1.82) is 5.26 Å². The number of aromatic nitrogens is 4. The minimum Gasteiger partial charge on any atom is -1.00 e. The fourth-order valence-corrected chi connectivity index (χ4v) is 17.5. The van der Waals surface area contributed by atoms with Crippen LogP contribution in [0.5, 0.6) is 0 Å². The predicted molar refractivity (Wildman–Crippen MR) is 518 cm³/mol. The van der Waals surface area contributed by atoms with Gasteiger partial charge >= 0.3 is 24.2 Å². The van der Waals surface area contributed by atoms with Crippen LogP contribution in [0.25, 0.3) is 0 Å². The smallest absolute Gasteiger partial charge is 0.560 e. The number of amides is 6. The van der Waals surface area contributed by atoms with Gasteiger partial charge in [0.15, 0.2) is 0 Å². The van der Waals surface area contributed by atoms with E-state index in [-0.39, 0.29) is 124 Å². The van der Waals surface area contributed by atoms with Crippen molar-refractivity contribution in [3.8, 4) is 6.07 Å². The number of hydrogen-bond acceptors (Lipinski definition) is 37. The van der Waals surface area contributed by atoms with Gasteiger partial charge in [-0.05, 0) is 159 Å². The van der Waals surface area contributed by atoms with Gasteiger partial charge in [0, 0.05) is 154 Å². The topological polar surface area (TPSA) is 473 Å². The number of aliphatic hydroxyl groups excluding tert-OH is 3. The molecule has 0 spiro atoms. The zero-order valence-electron chi connectivity index (χ0n) is 73.9. The summed E-state index contributed by atoms with van der Waals surface area (Å²) in [6, 6.07) is 25.0. The van der Waals surface area contributed by atoms with Crippen LogP contribution in [-0.4, -0.2) is 221 Å². The number of thiol groups is 2. The van der Waals surface area contributed by atoms with Crippen LogP contribution in [-0.2, 0) is 72.0 Å². The average Bonchev–Trinajstić information content (AvgIpc) is 1.71. The lowest BCUT2D eigenvalue weighted by atomic mass is 10.1. The Bertz CT molecular complexity index is 3510. The van der Waals surface area contributed by atoms with Crippen molar-refractivity contribution in [2.75, 3.05) is 69.4 Å². The number of alkyl halides is 1. The number of rotatable bonds is 42. The lowest BCUT2D eigenvalue weighted by Gasteiger charge is -2.22. The quantitative estimate of drug-likeness (QED) is 0.00671. The molecule has 4 aromatic rings. The van der Waals surface area contributed by atoms with Crippen molar-refractivity contribution in [2.24, 2.45) is 0 Å². The van der Waals surface area contributed by atoms with Gasteiger partial charge in [0.2, 0.25) is 0 Å². The lowest BCUT2D eigenvalue weighted by Crippen LogP contribution is -3.00. The molecule has 127 heavy (non-hydrogen) atoms. The van der Waals surface area contributed by atoms with Gasteiger partial charge < -0.3 is 48.4 Å². The largest absolute Gasteiger partial charge is 1.00 e. The molecule has 45 heteroatoms. The van der Waals surface area contributed by atoms with Crippen LogP contribution >= 0.6 is 133 Å². The SMILES string of the molecule is C.C.CC#N.CC(C)(S)CO.CCCCC(=O)CCSSC(C)(C)CO.CCCCC(=O)CCSSC(C)(C)COC(=O)ON1C(=O)CCC1=O.CCCCC(=O)CCSSc1ccccn1.CCC[NH3+].CO.O=C(O)CCS.O=C(O)CCSSc1ccccn1.O=C(ON1C(=O)CCC1=O)ON1C(=O)CCC1=O.[2H]CF.[Cl-].c1ccc(SSc2ccccn2)nc1. The molecular weight excluding hydrogens is 1900 g/mol. The fraction of sp³-hybridized carbons (Fsp3) is 0.585. The van der Waals surface area contributed by atoms with Gasteiger partial charge in [-0.3, -0.25) is 71.6 Å². The number of ketones is 3. The van der Waals surface area contributed by atoms with E-state index in [4.69, 9.17) is 36.9 Å². The molecule has 4 aromatic heterocycles. The van der Waals surface area contributed by atoms with E-state index in [1.165, 1.54) is 45.7 Å². The third kappa shape index (κ3) is 85.5. The maximum atomic E-state index is 11.6. The number of aliphatic hydroxyl groups is 3. The molecule has 3 aliphatic heterocycles. The number of quaternary nitrogens is 1. The number of nitrogens with zero attached hydrogens (tertiary/aromatic N) is 8. The van der Waals surface area contributed by atoms with Crippen LogP contribution in [0.2, 0.25) is 0 Å². The maximum absolute atomic E-state index is 11.6. The van der Waals surface area contributed by atoms with Gasteiger partial charge in [-0.1, -0.05) is 166 Å². The lowest BCUT2D eigenvalue weighted by molar-refractivity contribution is -0.367. The van der Waals surface area contributed by atoms with Crippen LogP contribution in [0, 0.1) is 11.3 Å². The number of ether oxygens (including phenoxy) is 1. The van der Waals surface area contributed by atoms with Crippen LogP contribution < -0.4 is 18.1 Å². The summed E-state index contributed by atoms with van der Waals surface area (Å²) in [6.07, 6.45) is 16.1. The summed E-state index contributed by atoms with van der Waals surface area (Å²) >= 11 is 7.68. The number of carboxylic acid groups (broad SMARTS) is 2. The highest BCUT2D eigenvalue weighted by molar-refractivity contribution is 8.78. The average molecular weight is 2040 g/mol. The second kappa shape index (κ2) is 90.8. The molecule has 0 aliphatic carbocycles. The number of halogens is 2. The van der Waals surface area contributed by atoms with E-state index >= 15 is 0 Å². The summed E-state index contributed by atoms with van der Waals surface area (Å²) < 4.78 is 19.8. The number of aliphatic carboxylic acids is 2. The van der Waals surface area contributed by atoms with E-state index in [1.807, 2.05) is 114 Å². The number of carboxylic acids is 2. The number of unbranched alkanes of at least 4 members (excludes halogenated alkanes) is 3. The first-order valence-corrected chi connectivity index (χ1v) is 51.3. The number of imide groups is 3. The molecule has 0 radical (unpaired) electrons. The third-order valence-electron chi connectivity index (χ3n) is 13.3. The van der Waals surface area contributed by atoms with Crippen LogP contribution in [0.1, 0.15) is 227 Å². The predicted octanol–water partition coefficient (Wildman–Crippen LogP) is 15.3. The van der Waals surface area contributed by atoms with E-state index in [2.05, 4.69) is 93.1 Å². The van der Waals surface area contributed by atoms with Gasteiger partial charge in [0.25, 0.3) is 35.4 Å². The van der Waals surface area contributed by atoms with E-state index < -0.39 is 71.6 Å². The number of hydrogen-bond donors (Lipinski definition) is 8. The summed E-state index contributed by atoms with van der Waals surface area (Å²) in [5, 5.41) is 52.8. The second-order valence-corrected chi connectivity index (χ2v) is 41.1. The standard InChI is InChI=1S/C16H25NO6S2.C12H17NOS2.C11H22O2S2.C10H8N2S2.C9H8N2O7.C8H9NO2S2.C4H10OS.C3H9N.C3H6O2S.C2H3N.CH3F.CH4O.2CH4.ClH/c1-4-5-6-12(18)9-10-24-25-16(2,3)11-22-15(21)23-17-13(19)7-8-14(17)20;1-2-3-6-11(14)8-10-15-16-12-7-4-5-9-13-12;1-4-5-6-10(13)7-8-14-15-11(2,3)9-12;1-3-7-11-9(5-1)13-14-10-6-2-4-8-12-10;12-5-1-2-6(13)10(5)17-9(16)18-11-7(14)3-4-8(11)15;10-8(11)4-6-12-13-7-3-1-2-5-9-7;1-4(2,6)3-5;1-2-3-4;4-3(5)1-2-6;1-2-3;2*1-2;;;/h4-11H2,1-3H3;4-5,7,9H,2-3,6,8,10H2,1H3;12H,4-9H2,1-3H3;1-8H;1-4H2;1-3,5H,4,6H2,(H,10,11);5-6H,3H2,1-2H3;2-4H2,1H3;6H,1-2H2,(H,4,5);1H3;1H3;2H,1H3;2*1H4;1H/i;;;;;;;;;;1D;;;;. The molecule has 3 saturated heterocycles. The molecule has 3 aliphatic rings. The summed E-state index contributed by atoms with van der Waals surface area (Å²) in [4.78, 5) is 174. The Morgan fingerprint density at radius 1 is 0.496 bits per heavy atom. The Morgan fingerprint density at radius 2 is 0.764 bits per heavy atom. The number of pyridine rings is 4. The van der Waals surface area contributed by atoms with Crippen molar-refractivity contribution in [3.63, 3.8) is 0 Å². The Labute approximate surface area is 808 Å². The number of Topliss-reactive ketones (excluding diaryl/α,β-unsaturated/α-hetero) is 3. The highest BCUT2D eigenvalue weighted by atomic mass is 35.5. The van der Waals surface area contributed by atoms with Crippen LogP contribution in [0.15, 0.2) is 118 Å². The molecule has 7 heterocycles. The summed E-state index contributed by atoms with van der Waals surface area (Å²) in [6.45, 7) is 22.8. The van der Waals surface area contributed by atoms with Crippen LogP contribution in [0.4, 0.5) is 14.0 Å².